The van der Waals surface area contributed by atoms with Gasteiger partial charge in [0.1, 0.15) is 0 Å². The monoisotopic (exact) mass is 397 g/mol. The third-order valence-electron chi connectivity index (χ3n) is 3.91. The lowest BCUT2D eigenvalue weighted by Crippen LogP contribution is -2.44. The molecule has 4 nitrogen and oxygen atoms in total. The van der Waals surface area contributed by atoms with Crippen molar-refractivity contribution < 1.29 is 4.74 Å². The maximum atomic E-state index is 5.12. The number of nitrogens with zero attached hydrogens (tertiary/aromatic N) is 1. The van der Waals surface area contributed by atoms with Gasteiger partial charge in [-0.3, -0.25) is 4.99 Å². The summed E-state index contributed by atoms with van der Waals surface area (Å²) in [4.78, 5) is 4.25. The van der Waals surface area contributed by atoms with E-state index in [1.165, 1.54) is 32.1 Å². The number of hydrogen-bond donors (Lipinski definition) is 2. The molecule has 20 heavy (non-hydrogen) atoms. The zero-order chi connectivity index (χ0) is 14.1. The maximum Gasteiger partial charge on any atom is 0.191 e. The van der Waals surface area contributed by atoms with E-state index in [2.05, 4.69) is 29.5 Å². The fraction of sp³-hybridized carbons (Fsp3) is 0.933. The molecule has 0 aromatic carbocycles. The molecule has 1 aliphatic rings. The van der Waals surface area contributed by atoms with Gasteiger partial charge >= 0.3 is 0 Å². The summed E-state index contributed by atoms with van der Waals surface area (Å²) in [6, 6.07) is 0.283. The highest BCUT2D eigenvalue weighted by Crippen LogP contribution is 2.30. The van der Waals surface area contributed by atoms with E-state index < -0.39 is 0 Å². The summed E-state index contributed by atoms with van der Waals surface area (Å²) >= 11 is 0. The van der Waals surface area contributed by atoms with Crippen LogP contribution >= 0.6 is 24.0 Å². The molecule has 3 unspecified atom stereocenters. The second-order valence-corrected chi connectivity index (χ2v) is 5.93. The minimum absolute atomic E-state index is 0. The summed E-state index contributed by atoms with van der Waals surface area (Å²) < 4.78 is 5.12. The van der Waals surface area contributed by atoms with Crippen LogP contribution in [0, 0.1) is 11.8 Å². The van der Waals surface area contributed by atoms with E-state index in [0.717, 1.165) is 24.3 Å². The van der Waals surface area contributed by atoms with Crippen LogP contribution in [0.3, 0.4) is 0 Å². The van der Waals surface area contributed by atoms with Gasteiger partial charge in [0.05, 0.1) is 6.61 Å². The molecule has 0 spiro atoms. The number of hydrogen-bond acceptors (Lipinski definition) is 2. The van der Waals surface area contributed by atoms with E-state index in [0.29, 0.717) is 6.61 Å². The molecule has 1 saturated carbocycles. The normalized spacial score (nSPS) is 24.7. The Balaban J connectivity index is 0.00000361. The predicted molar refractivity (Wildman–Crippen MR) is 97.0 cm³/mol. The first kappa shape index (κ1) is 20.0. The smallest absolute Gasteiger partial charge is 0.191 e. The molecule has 0 aliphatic heterocycles. The molecule has 0 bridgehead atoms. The SMILES string of the molecule is CN=C(NCCC1CCCC(C)C1)NC(C)COC.I. The van der Waals surface area contributed by atoms with Crippen molar-refractivity contribution in [1.29, 1.82) is 0 Å². The second kappa shape index (κ2) is 11.6. The van der Waals surface area contributed by atoms with E-state index in [9.17, 15) is 0 Å². The van der Waals surface area contributed by atoms with Crippen molar-refractivity contribution in [2.75, 3.05) is 27.3 Å². The largest absolute Gasteiger partial charge is 0.383 e. The van der Waals surface area contributed by atoms with Gasteiger partial charge in [0.15, 0.2) is 5.96 Å². The summed E-state index contributed by atoms with van der Waals surface area (Å²) in [5.74, 6) is 2.69. The summed E-state index contributed by atoms with van der Waals surface area (Å²) in [7, 11) is 3.54. The zero-order valence-corrected chi connectivity index (χ0v) is 15.8. The van der Waals surface area contributed by atoms with Gasteiger partial charge in [-0.25, -0.2) is 0 Å². The van der Waals surface area contributed by atoms with Crippen molar-refractivity contribution in [2.24, 2.45) is 16.8 Å². The van der Waals surface area contributed by atoms with Gasteiger partial charge in [-0.1, -0.05) is 26.2 Å². The number of aliphatic imine (C=N–C) groups is 1. The average Bonchev–Trinajstić information content (AvgIpc) is 2.38. The van der Waals surface area contributed by atoms with Gasteiger partial charge < -0.3 is 15.4 Å². The van der Waals surface area contributed by atoms with Crippen molar-refractivity contribution in [1.82, 2.24) is 10.6 Å². The number of halogens is 1. The first-order valence-electron chi connectivity index (χ1n) is 7.61. The fourth-order valence-electron chi connectivity index (χ4n) is 2.94. The number of rotatable bonds is 6. The summed E-state index contributed by atoms with van der Waals surface area (Å²) in [5.41, 5.74) is 0. The quantitative estimate of drug-likeness (QED) is 0.412. The van der Waals surface area contributed by atoms with Crippen LogP contribution in [0.2, 0.25) is 0 Å². The van der Waals surface area contributed by atoms with Crippen molar-refractivity contribution in [3.8, 4) is 0 Å². The van der Waals surface area contributed by atoms with Gasteiger partial charge in [-0.2, -0.15) is 0 Å². The molecule has 0 aromatic rings. The Bertz CT molecular complexity index is 274. The standard InChI is InChI=1S/C15H31N3O.HI/c1-12-6-5-7-14(10-12)8-9-17-15(16-3)18-13(2)11-19-4;/h12-14H,5-11H2,1-4H3,(H2,16,17,18);1H. The summed E-state index contributed by atoms with van der Waals surface area (Å²) in [6.45, 7) is 6.18. The topological polar surface area (TPSA) is 45.7 Å². The van der Waals surface area contributed by atoms with Crippen LogP contribution < -0.4 is 10.6 Å². The van der Waals surface area contributed by atoms with Crippen LogP contribution in [-0.4, -0.2) is 39.3 Å². The number of guanidine groups is 1. The Hall–Kier alpha value is -0.0400. The molecule has 0 aromatic heterocycles. The molecule has 0 heterocycles. The highest BCUT2D eigenvalue weighted by atomic mass is 127. The minimum atomic E-state index is 0. The van der Waals surface area contributed by atoms with E-state index in [4.69, 9.17) is 4.74 Å². The van der Waals surface area contributed by atoms with Crippen LogP contribution in [0.1, 0.15) is 46.0 Å². The third kappa shape index (κ3) is 8.29. The summed E-state index contributed by atoms with van der Waals surface area (Å²) in [6.07, 6.45) is 6.88. The third-order valence-corrected chi connectivity index (χ3v) is 3.91. The van der Waals surface area contributed by atoms with Gasteiger partial charge in [-0.15, -0.1) is 24.0 Å². The molecule has 1 rings (SSSR count). The van der Waals surface area contributed by atoms with Gasteiger partial charge in [0, 0.05) is 26.7 Å². The minimum Gasteiger partial charge on any atom is -0.383 e. The molecule has 3 atom stereocenters. The van der Waals surface area contributed by atoms with E-state index >= 15 is 0 Å². The molecule has 0 radical (unpaired) electrons. The van der Waals surface area contributed by atoms with Gasteiger partial charge in [0.2, 0.25) is 0 Å². The molecular formula is C15H32IN3O. The van der Waals surface area contributed by atoms with Gasteiger partial charge in [0.25, 0.3) is 0 Å². The Morgan fingerprint density at radius 1 is 1.40 bits per heavy atom. The van der Waals surface area contributed by atoms with Crippen LogP contribution in [0.25, 0.3) is 0 Å². The second-order valence-electron chi connectivity index (χ2n) is 5.93. The Kier molecular flexibility index (Phi) is 11.6. The fourth-order valence-corrected chi connectivity index (χ4v) is 2.94. The van der Waals surface area contributed by atoms with E-state index in [1.54, 1.807) is 7.11 Å². The van der Waals surface area contributed by atoms with E-state index in [1.807, 2.05) is 7.05 Å². The Morgan fingerprint density at radius 2 is 2.15 bits per heavy atom. The van der Waals surface area contributed by atoms with Crippen molar-refractivity contribution in [2.45, 2.75) is 52.0 Å². The first-order chi connectivity index (χ1) is 9.15. The van der Waals surface area contributed by atoms with E-state index in [-0.39, 0.29) is 30.0 Å². The van der Waals surface area contributed by atoms with Crippen molar-refractivity contribution in [3.05, 3.63) is 0 Å². The average molecular weight is 397 g/mol. The van der Waals surface area contributed by atoms with Crippen molar-refractivity contribution >= 4 is 29.9 Å². The number of nitrogens with one attached hydrogen (secondary N) is 2. The number of methoxy groups -OCH3 is 1. The highest BCUT2D eigenvalue weighted by molar-refractivity contribution is 14.0. The lowest BCUT2D eigenvalue weighted by Gasteiger charge is -2.27. The molecule has 0 amide bonds. The summed E-state index contributed by atoms with van der Waals surface area (Å²) in [5, 5.41) is 6.73. The zero-order valence-electron chi connectivity index (χ0n) is 13.4. The number of ether oxygens (including phenoxy) is 1. The Morgan fingerprint density at radius 3 is 2.75 bits per heavy atom. The Labute approximate surface area is 141 Å². The van der Waals surface area contributed by atoms with Crippen molar-refractivity contribution in [3.63, 3.8) is 0 Å². The van der Waals surface area contributed by atoms with Gasteiger partial charge in [-0.05, 0) is 31.6 Å². The first-order valence-corrected chi connectivity index (χ1v) is 7.61. The molecule has 5 heteroatoms. The molecule has 120 valence electrons. The van der Waals surface area contributed by atoms with Crippen LogP contribution in [-0.2, 0) is 4.74 Å². The van der Waals surface area contributed by atoms with Crippen LogP contribution in [0.15, 0.2) is 4.99 Å². The molecular weight excluding hydrogens is 365 g/mol. The predicted octanol–water partition coefficient (Wildman–Crippen LogP) is 3.02. The lowest BCUT2D eigenvalue weighted by atomic mass is 9.81. The molecule has 0 saturated heterocycles. The molecule has 1 fully saturated rings. The van der Waals surface area contributed by atoms with Crippen LogP contribution in [0.5, 0.6) is 0 Å². The highest BCUT2D eigenvalue weighted by Gasteiger charge is 2.18. The van der Waals surface area contributed by atoms with Crippen LogP contribution in [0.4, 0.5) is 0 Å². The molecule has 2 N–H and O–H groups in total. The lowest BCUT2D eigenvalue weighted by molar-refractivity contribution is 0.179. The maximum absolute atomic E-state index is 5.12. The molecule has 1 aliphatic carbocycles.